The normalized spacial score (nSPS) is 18.1. The average Bonchev–Trinajstić information content (AvgIpc) is 2.90. The minimum Gasteiger partial charge on any atom is -0.454 e. The van der Waals surface area contributed by atoms with Crippen LogP contribution < -0.4 is 0 Å². The van der Waals surface area contributed by atoms with Crippen molar-refractivity contribution in [3.63, 3.8) is 0 Å². The predicted molar refractivity (Wildman–Crippen MR) is 87.8 cm³/mol. The second kappa shape index (κ2) is 7.04. The Kier molecular flexibility index (Phi) is 4.83. The molecule has 0 unspecified atom stereocenters. The summed E-state index contributed by atoms with van der Waals surface area (Å²) < 4.78 is 5.05. The van der Waals surface area contributed by atoms with Gasteiger partial charge >= 0.3 is 5.97 Å². The lowest BCUT2D eigenvalue weighted by molar-refractivity contribution is -0.155. The number of ether oxygens (including phenoxy) is 1. The minimum atomic E-state index is -1.08. The summed E-state index contributed by atoms with van der Waals surface area (Å²) in [6, 6.07) is 5.34. The van der Waals surface area contributed by atoms with Gasteiger partial charge in [0.05, 0.1) is 11.1 Å². The Morgan fingerprint density at radius 2 is 1.60 bits per heavy atom. The summed E-state index contributed by atoms with van der Waals surface area (Å²) >= 11 is 0. The maximum Gasteiger partial charge on any atom is 0.329 e. The van der Waals surface area contributed by atoms with Crippen molar-refractivity contribution in [2.24, 2.45) is 0 Å². The van der Waals surface area contributed by atoms with E-state index in [1.54, 1.807) is 29.2 Å². The van der Waals surface area contributed by atoms with Gasteiger partial charge in [-0.15, -0.1) is 0 Å². The number of carbonyl (C=O) groups is 4. The molecule has 3 amide bonds. The summed E-state index contributed by atoms with van der Waals surface area (Å²) in [6.45, 7) is 2.40. The topological polar surface area (TPSA) is 84.0 Å². The SMILES string of the molecule is C[C@@H](C(=O)OCC(=O)N1CCCCC1)N1C(=O)c2ccccc2C1=O. The van der Waals surface area contributed by atoms with Crippen molar-refractivity contribution in [1.29, 1.82) is 0 Å². The van der Waals surface area contributed by atoms with Crippen molar-refractivity contribution in [3.05, 3.63) is 35.4 Å². The average molecular weight is 344 g/mol. The van der Waals surface area contributed by atoms with E-state index in [1.165, 1.54) is 6.92 Å². The lowest BCUT2D eigenvalue weighted by Crippen LogP contribution is -2.45. The van der Waals surface area contributed by atoms with E-state index in [2.05, 4.69) is 0 Å². The van der Waals surface area contributed by atoms with Crippen LogP contribution in [0.15, 0.2) is 24.3 Å². The van der Waals surface area contributed by atoms with Crippen LogP contribution in [0.1, 0.15) is 46.9 Å². The highest BCUT2D eigenvalue weighted by atomic mass is 16.5. The van der Waals surface area contributed by atoms with Crippen molar-refractivity contribution in [2.45, 2.75) is 32.2 Å². The van der Waals surface area contributed by atoms with Crippen LogP contribution in [0.5, 0.6) is 0 Å². The Balaban J connectivity index is 1.60. The minimum absolute atomic E-state index is 0.248. The van der Waals surface area contributed by atoms with Gasteiger partial charge in [0.1, 0.15) is 6.04 Å². The third kappa shape index (κ3) is 3.26. The van der Waals surface area contributed by atoms with Gasteiger partial charge in [-0.1, -0.05) is 12.1 Å². The molecule has 1 atom stereocenters. The third-order valence-corrected chi connectivity index (χ3v) is 4.60. The van der Waals surface area contributed by atoms with Crippen molar-refractivity contribution in [3.8, 4) is 0 Å². The number of likely N-dealkylation sites (tertiary alicyclic amines) is 1. The highest BCUT2D eigenvalue weighted by Gasteiger charge is 2.41. The summed E-state index contributed by atoms with van der Waals surface area (Å²) in [5, 5.41) is 0. The molecule has 1 saturated heterocycles. The molecule has 0 N–H and O–H groups in total. The first-order valence-corrected chi connectivity index (χ1v) is 8.42. The number of hydrogen-bond acceptors (Lipinski definition) is 5. The lowest BCUT2D eigenvalue weighted by Gasteiger charge is -2.27. The van der Waals surface area contributed by atoms with Crippen LogP contribution in [-0.2, 0) is 14.3 Å². The van der Waals surface area contributed by atoms with E-state index in [9.17, 15) is 19.2 Å². The maximum absolute atomic E-state index is 12.4. The molecule has 7 nitrogen and oxygen atoms in total. The first-order chi connectivity index (χ1) is 12.0. The quantitative estimate of drug-likeness (QED) is 0.606. The summed E-state index contributed by atoms with van der Waals surface area (Å²) in [5.41, 5.74) is 0.549. The number of imide groups is 1. The van der Waals surface area contributed by atoms with Crippen molar-refractivity contribution in [2.75, 3.05) is 19.7 Å². The molecule has 1 aromatic carbocycles. The van der Waals surface area contributed by atoms with E-state index in [-0.39, 0.29) is 23.6 Å². The highest BCUT2D eigenvalue weighted by molar-refractivity contribution is 6.22. The largest absolute Gasteiger partial charge is 0.454 e. The molecule has 25 heavy (non-hydrogen) atoms. The van der Waals surface area contributed by atoms with E-state index in [0.717, 1.165) is 24.2 Å². The van der Waals surface area contributed by atoms with Crippen LogP contribution in [0.4, 0.5) is 0 Å². The standard InChI is InChI=1S/C18H20N2O5/c1-12(18(24)25-11-15(21)19-9-5-2-6-10-19)20-16(22)13-7-3-4-8-14(13)17(20)23/h3-4,7-8,12H,2,5-6,9-11H2,1H3/t12-/m0/s1. The molecule has 3 rings (SSSR count). The summed E-state index contributed by atoms with van der Waals surface area (Å²) in [7, 11) is 0. The number of esters is 1. The maximum atomic E-state index is 12.4. The molecular weight excluding hydrogens is 324 g/mol. The molecule has 0 radical (unpaired) electrons. The Bertz CT molecular complexity index is 689. The van der Waals surface area contributed by atoms with Crippen LogP contribution in [0.25, 0.3) is 0 Å². The molecule has 0 aliphatic carbocycles. The lowest BCUT2D eigenvalue weighted by atomic mass is 10.1. The zero-order valence-electron chi connectivity index (χ0n) is 14.1. The number of benzene rings is 1. The fraction of sp³-hybridized carbons (Fsp3) is 0.444. The van der Waals surface area contributed by atoms with Crippen LogP contribution in [0.2, 0.25) is 0 Å². The second-order valence-electron chi connectivity index (χ2n) is 6.25. The first-order valence-electron chi connectivity index (χ1n) is 8.42. The van der Waals surface area contributed by atoms with Crippen molar-refractivity contribution in [1.82, 2.24) is 9.80 Å². The summed E-state index contributed by atoms with van der Waals surface area (Å²) in [5.74, 6) is -2.05. The van der Waals surface area contributed by atoms with Gasteiger partial charge in [0, 0.05) is 13.1 Å². The molecule has 0 spiro atoms. The number of piperidine rings is 1. The fourth-order valence-electron chi connectivity index (χ4n) is 3.15. The molecule has 7 heteroatoms. The Hall–Kier alpha value is -2.70. The molecule has 1 aromatic rings. The van der Waals surface area contributed by atoms with Gasteiger partial charge in [-0.3, -0.25) is 19.3 Å². The van der Waals surface area contributed by atoms with E-state index < -0.39 is 23.8 Å². The number of rotatable bonds is 4. The predicted octanol–water partition coefficient (Wildman–Crippen LogP) is 1.23. The molecule has 0 bridgehead atoms. The van der Waals surface area contributed by atoms with E-state index in [0.29, 0.717) is 13.1 Å². The molecule has 2 aliphatic heterocycles. The van der Waals surface area contributed by atoms with E-state index in [1.807, 2.05) is 0 Å². The zero-order chi connectivity index (χ0) is 18.0. The van der Waals surface area contributed by atoms with Crippen molar-refractivity contribution >= 4 is 23.7 Å². The summed E-state index contributed by atoms with van der Waals surface area (Å²) in [6.07, 6.45) is 3.00. The van der Waals surface area contributed by atoms with Gasteiger partial charge in [0.25, 0.3) is 17.7 Å². The summed E-state index contributed by atoms with van der Waals surface area (Å²) in [4.78, 5) is 51.6. The molecule has 0 saturated carbocycles. The second-order valence-corrected chi connectivity index (χ2v) is 6.25. The highest BCUT2D eigenvalue weighted by Crippen LogP contribution is 2.24. The van der Waals surface area contributed by atoms with Crippen LogP contribution in [-0.4, -0.2) is 59.2 Å². The molecule has 132 valence electrons. The monoisotopic (exact) mass is 344 g/mol. The van der Waals surface area contributed by atoms with Gasteiger partial charge in [-0.25, -0.2) is 4.79 Å². The number of nitrogens with zero attached hydrogens (tertiary/aromatic N) is 2. The van der Waals surface area contributed by atoms with Gasteiger partial charge in [0.2, 0.25) is 0 Å². The fourth-order valence-corrected chi connectivity index (χ4v) is 3.15. The van der Waals surface area contributed by atoms with Gasteiger partial charge < -0.3 is 9.64 Å². The molecule has 1 fully saturated rings. The van der Waals surface area contributed by atoms with Crippen molar-refractivity contribution < 1.29 is 23.9 Å². The molecule has 2 heterocycles. The Labute approximate surface area is 145 Å². The van der Waals surface area contributed by atoms with E-state index >= 15 is 0 Å². The first kappa shape index (κ1) is 17.1. The van der Waals surface area contributed by atoms with E-state index in [4.69, 9.17) is 4.74 Å². The van der Waals surface area contributed by atoms with Crippen LogP contribution >= 0.6 is 0 Å². The smallest absolute Gasteiger partial charge is 0.329 e. The van der Waals surface area contributed by atoms with Crippen LogP contribution in [0, 0.1) is 0 Å². The van der Waals surface area contributed by atoms with Gasteiger partial charge in [0.15, 0.2) is 6.61 Å². The molecule has 0 aromatic heterocycles. The number of carbonyl (C=O) groups excluding carboxylic acids is 4. The Morgan fingerprint density at radius 3 is 2.16 bits per heavy atom. The molecular formula is C18H20N2O5. The zero-order valence-corrected chi connectivity index (χ0v) is 14.1. The third-order valence-electron chi connectivity index (χ3n) is 4.60. The van der Waals surface area contributed by atoms with Crippen LogP contribution in [0.3, 0.4) is 0 Å². The number of hydrogen-bond donors (Lipinski definition) is 0. The molecule has 2 aliphatic rings. The number of amides is 3. The van der Waals surface area contributed by atoms with Gasteiger partial charge in [-0.05, 0) is 38.3 Å². The number of fused-ring (bicyclic) bond motifs is 1. The Morgan fingerprint density at radius 1 is 1.04 bits per heavy atom. The van der Waals surface area contributed by atoms with Gasteiger partial charge in [-0.2, -0.15) is 0 Å².